The molecule has 0 radical (unpaired) electrons. The second-order valence-electron chi connectivity index (χ2n) is 4.40. The van der Waals surface area contributed by atoms with Crippen LogP contribution in [0, 0.1) is 5.92 Å². The van der Waals surface area contributed by atoms with E-state index >= 15 is 0 Å². The molecule has 0 saturated heterocycles. The van der Waals surface area contributed by atoms with Gasteiger partial charge in [0.1, 0.15) is 5.92 Å². The smallest absolute Gasteiger partial charge is 0.251 e. The number of amides is 1. The van der Waals surface area contributed by atoms with Crippen LogP contribution >= 0.6 is 0 Å². The molecule has 2 aliphatic heterocycles. The second kappa shape index (κ2) is 3.47. The van der Waals surface area contributed by atoms with E-state index in [0.717, 1.165) is 12.1 Å². The summed E-state index contributed by atoms with van der Waals surface area (Å²) in [6, 6.07) is 0.494. The van der Waals surface area contributed by atoms with Crippen LogP contribution in [0.2, 0.25) is 0 Å². The first-order chi connectivity index (χ1) is 7.81. The Balaban J connectivity index is 2.03. The van der Waals surface area contributed by atoms with Gasteiger partial charge in [0, 0.05) is 6.21 Å². The molecule has 3 aliphatic rings. The van der Waals surface area contributed by atoms with E-state index in [2.05, 4.69) is 17.3 Å². The topological polar surface area (TPSA) is 44.7 Å². The molecule has 0 spiro atoms. The third-order valence-electron chi connectivity index (χ3n) is 3.24. The number of rotatable bonds is 2. The van der Waals surface area contributed by atoms with Gasteiger partial charge in [-0.2, -0.15) is 0 Å². The average Bonchev–Trinajstić information content (AvgIpc) is 3.13. The van der Waals surface area contributed by atoms with Gasteiger partial charge >= 0.3 is 0 Å². The molecule has 3 rings (SSSR count). The van der Waals surface area contributed by atoms with Crippen LogP contribution in [0.5, 0.6) is 0 Å². The van der Waals surface area contributed by atoms with Crippen LogP contribution in [0.4, 0.5) is 0 Å². The lowest BCUT2D eigenvalue weighted by molar-refractivity contribution is -0.128. The Morgan fingerprint density at radius 1 is 1.56 bits per heavy atom. The molecule has 4 nitrogen and oxygen atoms in total. The van der Waals surface area contributed by atoms with Crippen molar-refractivity contribution in [1.82, 2.24) is 10.4 Å². The van der Waals surface area contributed by atoms with Gasteiger partial charge in [-0.3, -0.25) is 20.2 Å². The lowest BCUT2D eigenvalue weighted by Gasteiger charge is -2.36. The summed E-state index contributed by atoms with van der Waals surface area (Å²) in [6.07, 6.45) is 8.77. The maximum atomic E-state index is 11.9. The summed E-state index contributed by atoms with van der Waals surface area (Å²) < 4.78 is 0. The standard InChI is InChI=1S/C12H15N3O/c1-2-10-11-9(4-3-7-13-11)12(16)14-15(10)8-5-6-8/h3-4,7-9H,2,5-6H2,1H3,(H,14,16). The van der Waals surface area contributed by atoms with Crippen LogP contribution in [0.3, 0.4) is 0 Å². The van der Waals surface area contributed by atoms with E-state index in [-0.39, 0.29) is 11.8 Å². The molecular weight excluding hydrogens is 202 g/mol. The first kappa shape index (κ1) is 9.63. The summed E-state index contributed by atoms with van der Waals surface area (Å²) in [7, 11) is 0. The highest BCUT2D eigenvalue weighted by atomic mass is 16.2. The van der Waals surface area contributed by atoms with Gasteiger partial charge in [-0.1, -0.05) is 13.0 Å². The van der Waals surface area contributed by atoms with E-state index < -0.39 is 0 Å². The minimum Gasteiger partial charge on any atom is -0.285 e. The molecule has 1 N–H and O–H groups in total. The molecule has 0 aromatic heterocycles. The minimum atomic E-state index is -0.185. The average molecular weight is 217 g/mol. The van der Waals surface area contributed by atoms with Gasteiger partial charge < -0.3 is 0 Å². The summed E-state index contributed by atoms with van der Waals surface area (Å²) in [6.45, 7) is 2.11. The van der Waals surface area contributed by atoms with Gasteiger partial charge in [-0.25, -0.2) is 0 Å². The van der Waals surface area contributed by atoms with Crippen molar-refractivity contribution in [2.45, 2.75) is 32.2 Å². The van der Waals surface area contributed by atoms with Gasteiger partial charge in [-0.05, 0) is 25.3 Å². The number of allylic oxidation sites excluding steroid dienone is 2. The van der Waals surface area contributed by atoms with Crippen molar-refractivity contribution in [3.05, 3.63) is 23.5 Å². The summed E-state index contributed by atoms with van der Waals surface area (Å²) in [5, 5.41) is 2.03. The lowest BCUT2D eigenvalue weighted by Crippen LogP contribution is -2.50. The molecule has 16 heavy (non-hydrogen) atoms. The fraction of sp³-hybridized carbons (Fsp3) is 0.500. The zero-order valence-corrected chi connectivity index (χ0v) is 9.31. The van der Waals surface area contributed by atoms with Crippen LogP contribution in [-0.2, 0) is 4.79 Å². The van der Waals surface area contributed by atoms with Crippen LogP contribution in [0.1, 0.15) is 26.2 Å². The van der Waals surface area contributed by atoms with Crippen LogP contribution < -0.4 is 5.43 Å². The number of hydrogen-bond donors (Lipinski definition) is 1. The summed E-state index contributed by atoms with van der Waals surface area (Å²) in [5.41, 5.74) is 5.09. The van der Waals surface area contributed by atoms with Gasteiger partial charge in [0.2, 0.25) is 0 Å². The Kier molecular flexibility index (Phi) is 2.09. The van der Waals surface area contributed by atoms with E-state index in [4.69, 9.17) is 0 Å². The Bertz CT molecular complexity index is 418. The molecule has 1 fully saturated rings. The first-order valence-corrected chi connectivity index (χ1v) is 5.85. The SMILES string of the molecule is CCC1=C2N=CC=CC2C(=O)NN1C1CC1. The second-order valence-corrected chi connectivity index (χ2v) is 4.40. The molecule has 1 saturated carbocycles. The van der Waals surface area contributed by atoms with Crippen LogP contribution in [-0.4, -0.2) is 23.2 Å². The van der Waals surface area contributed by atoms with Crippen molar-refractivity contribution in [1.29, 1.82) is 0 Å². The molecule has 1 atom stereocenters. The summed E-state index contributed by atoms with van der Waals surface area (Å²) >= 11 is 0. The largest absolute Gasteiger partial charge is 0.285 e. The zero-order valence-electron chi connectivity index (χ0n) is 9.31. The highest BCUT2D eigenvalue weighted by Gasteiger charge is 2.39. The molecule has 84 valence electrons. The van der Waals surface area contributed by atoms with E-state index in [0.29, 0.717) is 6.04 Å². The number of nitrogens with zero attached hydrogens (tertiary/aromatic N) is 2. The number of fused-ring (bicyclic) bond motifs is 1. The van der Waals surface area contributed by atoms with Crippen LogP contribution in [0.25, 0.3) is 0 Å². The molecule has 1 aliphatic carbocycles. The van der Waals surface area contributed by atoms with Gasteiger partial charge in [-0.15, -0.1) is 0 Å². The fourth-order valence-corrected chi connectivity index (χ4v) is 2.30. The summed E-state index contributed by atoms with van der Waals surface area (Å²) in [4.78, 5) is 16.3. The van der Waals surface area contributed by atoms with Crippen molar-refractivity contribution in [2.75, 3.05) is 0 Å². The number of dihydropyridines is 1. The Labute approximate surface area is 94.7 Å². The number of carbonyl (C=O) groups excluding carboxylic acids is 1. The molecule has 0 bridgehead atoms. The maximum Gasteiger partial charge on any atom is 0.251 e. The molecule has 0 aromatic carbocycles. The maximum absolute atomic E-state index is 11.9. The quantitative estimate of drug-likeness (QED) is 0.759. The van der Waals surface area contributed by atoms with Gasteiger partial charge in [0.15, 0.2) is 0 Å². The van der Waals surface area contributed by atoms with Crippen molar-refractivity contribution < 1.29 is 4.79 Å². The highest BCUT2D eigenvalue weighted by Crippen LogP contribution is 2.36. The molecule has 1 unspecified atom stereocenters. The molecule has 2 heterocycles. The predicted octanol–water partition coefficient (Wildman–Crippen LogP) is 1.37. The Morgan fingerprint density at radius 2 is 2.38 bits per heavy atom. The highest BCUT2D eigenvalue weighted by molar-refractivity contribution is 5.88. The van der Waals surface area contributed by atoms with E-state index in [1.165, 1.54) is 18.5 Å². The normalized spacial score (nSPS) is 28.2. The van der Waals surface area contributed by atoms with E-state index in [1.807, 2.05) is 17.2 Å². The number of aliphatic imine (C=N–C) groups is 1. The zero-order chi connectivity index (χ0) is 11.1. The third-order valence-corrected chi connectivity index (χ3v) is 3.24. The minimum absolute atomic E-state index is 0.0483. The van der Waals surface area contributed by atoms with Crippen molar-refractivity contribution in [2.24, 2.45) is 10.9 Å². The Morgan fingerprint density at radius 3 is 3.06 bits per heavy atom. The fourth-order valence-electron chi connectivity index (χ4n) is 2.30. The summed E-state index contributed by atoms with van der Waals surface area (Å²) in [5.74, 6) is -0.137. The number of carbonyl (C=O) groups is 1. The predicted molar refractivity (Wildman–Crippen MR) is 61.4 cm³/mol. The van der Waals surface area contributed by atoms with Crippen molar-refractivity contribution in [3.8, 4) is 0 Å². The Hall–Kier alpha value is -1.58. The van der Waals surface area contributed by atoms with Crippen molar-refractivity contribution in [3.63, 3.8) is 0 Å². The molecule has 4 heteroatoms. The number of nitrogens with one attached hydrogen (secondary N) is 1. The molecule has 0 aromatic rings. The van der Waals surface area contributed by atoms with Gasteiger partial charge in [0.25, 0.3) is 5.91 Å². The van der Waals surface area contributed by atoms with Gasteiger partial charge in [0.05, 0.1) is 17.4 Å². The monoisotopic (exact) mass is 217 g/mol. The van der Waals surface area contributed by atoms with E-state index in [1.54, 1.807) is 6.21 Å². The van der Waals surface area contributed by atoms with E-state index in [9.17, 15) is 4.79 Å². The number of hydrazine groups is 1. The first-order valence-electron chi connectivity index (χ1n) is 5.85. The molecular formula is C12H15N3O. The van der Waals surface area contributed by atoms with Crippen molar-refractivity contribution >= 4 is 12.1 Å². The molecule has 1 amide bonds. The third kappa shape index (κ3) is 1.37. The lowest BCUT2D eigenvalue weighted by atomic mass is 9.97. The number of hydrogen-bond acceptors (Lipinski definition) is 3. The van der Waals surface area contributed by atoms with Crippen LogP contribution in [0.15, 0.2) is 28.5 Å².